The summed E-state index contributed by atoms with van der Waals surface area (Å²) in [5, 5.41) is 3.80. The first kappa shape index (κ1) is 16.0. The molecule has 3 N–H and O–H groups in total. The third-order valence-electron chi connectivity index (χ3n) is 3.70. The summed E-state index contributed by atoms with van der Waals surface area (Å²) >= 11 is 1.98. The Labute approximate surface area is 130 Å². The van der Waals surface area contributed by atoms with Gasteiger partial charge in [0.2, 0.25) is 0 Å². The van der Waals surface area contributed by atoms with E-state index in [-0.39, 0.29) is 11.9 Å². The van der Waals surface area contributed by atoms with Crippen molar-refractivity contribution < 1.29 is 9.53 Å². The van der Waals surface area contributed by atoms with E-state index in [1.807, 2.05) is 18.7 Å². The summed E-state index contributed by atoms with van der Waals surface area (Å²) in [6, 6.07) is 5.57. The minimum Gasteiger partial charge on any atom is -0.491 e. The molecule has 21 heavy (non-hydrogen) atoms. The molecular weight excluding hydrogens is 284 g/mol. The Balaban J connectivity index is 2.02. The first-order valence-electron chi connectivity index (χ1n) is 7.59. The molecule has 0 saturated heterocycles. The highest BCUT2D eigenvalue weighted by atomic mass is 32.2. The fraction of sp³-hybridized carbons (Fsp3) is 0.562. The van der Waals surface area contributed by atoms with Gasteiger partial charge in [0.1, 0.15) is 0 Å². The number of nitrogens with two attached hydrogens (primary N) is 1. The van der Waals surface area contributed by atoms with Crippen LogP contribution in [0.4, 0.5) is 5.69 Å². The van der Waals surface area contributed by atoms with Crippen LogP contribution in [0.2, 0.25) is 0 Å². The Hall–Kier alpha value is -1.36. The van der Waals surface area contributed by atoms with Crippen LogP contribution in [0, 0.1) is 0 Å². The summed E-state index contributed by atoms with van der Waals surface area (Å²) in [6.07, 6.45) is 3.28. The van der Waals surface area contributed by atoms with Crippen molar-refractivity contribution in [3.05, 3.63) is 23.8 Å². The lowest BCUT2D eigenvalue weighted by molar-refractivity contribution is 0.0934. The molecule has 2 unspecified atom stereocenters. The quantitative estimate of drug-likeness (QED) is 0.793. The second kappa shape index (κ2) is 7.59. The van der Waals surface area contributed by atoms with E-state index in [0.29, 0.717) is 28.9 Å². The van der Waals surface area contributed by atoms with Gasteiger partial charge in [-0.15, -0.1) is 0 Å². The van der Waals surface area contributed by atoms with Gasteiger partial charge in [0.05, 0.1) is 17.9 Å². The number of nitrogen functional groups attached to an aromatic ring is 1. The van der Waals surface area contributed by atoms with E-state index in [4.69, 9.17) is 10.5 Å². The Morgan fingerprint density at radius 2 is 2.24 bits per heavy atom. The molecule has 5 heteroatoms. The summed E-state index contributed by atoms with van der Waals surface area (Å²) in [7, 11) is 0. The van der Waals surface area contributed by atoms with Crippen LogP contribution in [-0.4, -0.2) is 29.6 Å². The molecule has 0 aromatic heterocycles. The first-order valence-corrected chi connectivity index (χ1v) is 8.64. The average molecular weight is 308 g/mol. The molecule has 2 rings (SSSR count). The van der Waals surface area contributed by atoms with E-state index in [1.165, 1.54) is 6.42 Å². The molecule has 1 amide bonds. The number of carbonyl (C=O) groups is 1. The molecule has 4 nitrogen and oxygen atoms in total. The topological polar surface area (TPSA) is 64.3 Å². The highest BCUT2D eigenvalue weighted by Crippen LogP contribution is 2.31. The van der Waals surface area contributed by atoms with E-state index in [1.54, 1.807) is 18.2 Å². The maximum atomic E-state index is 12.5. The van der Waals surface area contributed by atoms with Gasteiger partial charge >= 0.3 is 0 Å². The highest BCUT2D eigenvalue weighted by molar-refractivity contribution is 7.99. The maximum absolute atomic E-state index is 12.5. The van der Waals surface area contributed by atoms with Crippen LogP contribution in [-0.2, 0) is 0 Å². The average Bonchev–Trinajstić information content (AvgIpc) is 2.89. The molecule has 1 fully saturated rings. The zero-order valence-electron chi connectivity index (χ0n) is 12.7. The summed E-state index contributed by atoms with van der Waals surface area (Å²) in [4.78, 5) is 12.5. The number of carbonyl (C=O) groups excluding carboxylic acids is 1. The number of hydrogen-bond acceptors (Lipinski definition) is 4. The number of para-hydroxylation sites is 1. The third kappa shape index (κ3) is 4.06. The van der Waals surface area contributed by atoms with Crippen LogP contribution < -0.4 is 15.8 Å². The summed E-state index contributed by atoms with van der Waals surface area (Å²) in [5.41, 5.74) is 6.95. The minimum atomic E-state index is -0.0853. The normalized spacial score (nSPS) is 21.2. The molecule has 1 aromatic carbocycles. The molecule has 1 aliphatic rings. The minimum absolute atomic E-state index is 0.0853. The van der Waals surface area contributed by atoms with E-state index < -0.39 is 0 Å². The van der Waals surface area contributed by atoms with Crippen LogP contribution in [0.3, 0.4) is 0 Å². The predicted octanol–water partition coefficient (Wildman–Crippen LogP) is 3.07. The largest absolute Gasteiger partial charge is 0.491 e. The van der Waals surface area contributed by atoms with E-state index >= 15 is 0 Å². The fourth-order valence-electron chi connectivity index (χ4n) is 2.76. The Morgan fingerprint density at radius 3 is 2.95 bits per heavy atom. The Kier molecular flexibility index (Phi) is 5.79. The lowest BCUT2D eigenvalue weighted by Crippen LogP contribution is -2.33. The molecule has 1 aromatic rings. The van der Waals surface area contributed by atoms with Crippen molar-refractivity contribution in [2.45, 2.75) is 44.4 Å². The molecule has 116 valence electrons. The second-order valence-electron chi connectivity index (χ2n) is 5.22. The first-order chi connectivity index (χ1) is 10.2. The van der Waals surface area contributed by atoms with Crippen LogP contribution in [0.25, 0.3) is 0 Å². The number of rotatable bonds is 6. The van der Waals surface area contributed by atoms with Crippen molar-refractivity contribution >= 4 is 23.4 Å². The van der Waals surface area contributed by atoms with Gasteiger partial charge in [-0.3, -0.25) is 4.79 Å². The Bertz CT molecular complexity index is 493. The van der Waals surface area contributed by atoms with Gasteiger partial charge in [-0.05, 0) is 44.1 Å². The summed E-state index contributed by atoms with van der Waals surface area (Å²) in [6.45, 7) is 4.56. The van der Waals surface area contributed by atoms with Gasteiger partial charge < -0.3 is 15.8 Å². The van der Waals surface area contributed by atoms with Crippen molar-refractivity contribution in [1.29, 1.82) is 0 Å². The second-order valence-corrected chi connectivity index (χ2v) is 6.80. The van der Waals surface area contributed by atoms with Crippen molar-refractivity contribution in [2.24, 2.45) is 0 Å². The fourth-order valence-corrected chi connectivity index (χ4v) is 3.90. The van der Waals surface area contributed by atoms with Crippen LogP contribution in [0.1, 0.15) is 43.5 Å². The third-order valence-corrected chi connectivity index (χ3v) is 4.93. The Morgan fingerprint density at radius 1 is 1.43 bits per heavy atom. The monoisotopic (exact) mass is 308 g/mol. The van der Waals surface area contributed by atoms with Crippen molar-refractivity contribution in [3.8, 4) is 5.75 Å². The number of ether oxygens (including phenoxy) is 1. The molecule has 1 aliphatic carbocycles. The number of anilines is 1. The lowest BCUT2D eigenvalue weighted by atomic mass is 10.1. The zero-order valence-corrected chi connectivity index (χ0v) is 13.5. The van der Waals surface area contributed by atoms with E-state index in [9.17, 15) is 4.79 Å². The van der Waals surface area contributed by atoms with Gasteiger partial charge in [-0.1, -0.05) is 13.0 Å². The molecule has 2 atom stereocenters. The number of nitrogens with one attached hydrogen (secondary N) is 1. The molecule has 0 bridgehead atoms. The van der Waals surface area contributed by atoms with Gasteiger partial charge in [-0.2, -0.15) is 11.8 Å². The molecule has 0 heterocycles. The predicted molar refractivity (Wildman–Crippen MR) is 89.0 cm³/mol. The lowest BCUT2D eigenvalue weighted by Gasteiger charge is -2.16. The zero-order chi connectivity index (χ0) is 15.2. The molecule has 1 saturated carbocycles. The molecule has 0 radical (unpaired) electrons. The van der Waals surface area contributed by atoms with Crippen LogP contribution in [0.15, 0.2) is 18.2 Å². The van der Waals surface area contributed by atoms with Crippen LogP contribution in [0.5, 0.6) is 5.75 Å². The summed E-state index contributed by atoms with van der Waals surface area (Å²) in [5.74, 6) is 1.54. The van der Waals surface area contributed by atoms with Crippen molar-refractivity contribution in [3.63, 3.8) is 0 Å². The molecule has 0 aliphatic heterocycles. The van der Waals surface area contributed by atoms with Gasteiger partial charge in [0.25, 0.3) is 5.91 Å². The van der Waals surface area contributed by atoms with Crippen molar-refractivity contribution in [2.75, 3.05) is 18.1 Å². The highest BCUT2D eigenvalue weighted by Gasteiger charge is 2.27. The number of thioether (sulfide) groups is 1. The number of amides is 1. The summed E-state index contributed by atoms with van der Waals surface area (Å²) < 4.78 is 5.52. The maximum Gasteiger partial charge on any atom is 0.255 e. The number of benzene rings is 1. The van der Waals surface area contributed by atoms with Gasteiger partial charge in [0, 0.05) is 11.3 Å². The SMILES string of the molecule is CCOc1c(N)cccc1C(=O)NC1CCC(SCC)C1. The van der Waals surface area contributed by atoms with Crippen LogP contribution >= 0.6 is 11.8 Å². The smallest absolute Gasteiger partial charge is 0.255 e. The molecule has 0 spiro atoms. The van der Waals surface area contributed by atoms with E-state index in [2.05, 4.69) is 12.2 Å². The standard InChI is InChI=1S/C16H24N2O2S/c1-3-20-15-13(6-5-7-14(15)17)16(19)18-11-8-9-12(10-11)21-4-2/h5-7,11-12H,3-4,8-10,17H2,1-2H3,(H,18,19). The number of hydrogen-bond donors (Lipinski definition) is 2. The van der Waals surface area contributed by atoms with Gasteiger partial charge in [-0.25, -0.2) is 0 Å². The van der Waals surface area contributed by atoms with Crippen molar-refractivity contribution in [1.82, 2.24) is 5.32 Å². The van der Waals surface area contributed by atoms with Gasteiger partial charge in [0.15, 0.2) is 5.75 Å². The van der Waals surface area contributed by atoms with E-state index in [0.717, 1.165) is 18.6 Å². The molecular formula is C16H24N2O2S.